The van der Waals surface area contributed by atoms with Crippen LogP contribution < -0.4 is 5.32 Å². The van der Waals surface area contributed by atoms with Gasteiger partial charge in [-0.05, 0) is 37.7 Å². The molecule has 2 rings (SSSR count). The average molecular weight is 247 g/mol. The molecule has 0 unspecified atom stereocenters. The van der Waals surface area contributed by atoms with Gasteiger partial charge in [0.05, 0.1) is 0 Å². The second-order valence-electron chi connectivity index (χ2n) is 4.74. The van der Waals surface area contributed by atoms with Crippen molar-refractivity contribution in [3.63, 3.8) is 0 Å². The van der Waals surface area contributed by atoms with E-state index in [0.29, 0.717) is 0 Å². The molecule has 3 heteroatoms. The second kappa shape index (κ2) is 7.17. The maximum absolute atomic E-state index is 11.6. The molecule has 1 amide bonds. The monoisotopic (exact) mass is 247 g/mol. The first kappa shape index (κ1) is 13.1. The Morgan fingerprint density at radius 2 is 2.11 bits per heavy atom. The molecule has 0 spiro atoms. The van der Waals surface area contributed by atoms with Crippen molar-refractivity contribution in [3.05, 3.63) is 35.9 Å². The fourth-order valence-electron chi connectivity index (χ4n) is 2.21. The first-order valence-corrected chi connectivity index (χ1v) is 6.79. The lowest BCUT2D eigenvalue weighted by Gasteiger charge is -2.10. The van der Waals surface area contributed by atoms with Crippen LogP contribution in [0.5, 0.6) is 0 Å². The molecule has 0 saturated carbocycles. The van der Waals surface area contributed by atoms with Crippen molar-refractivity contribution in [1.82, 2.24) is 5.32 Å². The Morgan fingerprint density at radius 3 is 2.83 bits per heavy atom. The number of nitrogens with one attached hydrogen (secondary N) is 1. The molecule has 0 bridgehead atoms. The molecule has 0 radical (unpaired) electrons. The number of aryl methyl sites for hydroxylation is 1. The Morgan fingerprint density at radius 1 is 1.28 bits per heavy atom. The molecule has 1 aromatic rings. The third kappa shape index (κ3) is 4.15. The summed E-state index contributed by atoms with van der Waals surface area (Å²) < 4.78 is 5.33. The topological polar surface area (TPSA) is 38.3 Å². The molecule has 1 atom stereocenters. The highest BCUT2D eigenvalue weighted by Crippen LogP contribution is 2.11. The molecule has 18 heavy (non-hydrogen) atoms. The maximum atomic E-state index is 11.6. The number of hydrogen-bond acceptors (Lipinski definition) is 2. The minimum absolute atomic E-state index is 0.0622. The van der Waals surface area contributed by atoms with Crippen LogP contribution in [0.3, 0.4) is 0 Å². The largest absolute Gasteiger partial charge is 0.368 e. The quantitative estimate of drug-likeness (QED) is 0.783. The molecule has 1 fully saturated rings. The predicted octanol–water partition coefficient (Wildman–Crippen LogP) is 2.30. The van der Waals surface area contributed by atoms with Gasteiger partial charge in [0.25, 0.3) is 0 Å². The molecule has 1 aromatic carbocycles. The molecule has 98 valence electrons. The molecular formula is C15H21NO2. The smallest absolute Gasteiger partial charge is 0.249 e. The normalized spacial score (nSPS) is 18.8. The van der Waals surface area contributed by atoms with E-state index in [4.69, 9.17) is 4.74 Å². The zero-order valence-corrected chi connectivity index (χ0v) is 10.7. The van der Waals surface area contributed by atoms with Crippen LogP contribution in [0.15, 0.2) is 30.3 Å². The Hall–Kier alpha value is -1.35. The molecule has 0 aromatic heterocycles. The number of carbonyl (C=O) groups is 1. The van der Waals surface area contributed by atoms with E-state index in [0.717, 1.165) is 45.3 Å². The maximum Gasteiger partial charge on any atom is 0.249 e. The van der Waals surface area contributed by atoms with Crippen molar-refractivity contribution in [3.8, 4) is 0 Å². The van der Waals surface area contributed by atoms with Crippen LogP contribution in [0.25, 0.3) is 0 Å². The molecular weight excluding hydrogens is 226 g/mol. The SMILES string of the molecule is O=C(NCCCCc1ccccc1)[C@H]1CCCO1. The summed E-state index contributed by atoms with van der Waals surface area (Å²) in [5, 5.41) is 2.95. The summed E-state index contributed by atoms with van der Waals surface area (Å²) in [6.45, 7) is 1.48. The highest BCUT2D eigenvalue weighted by molar-refractivity contribution is 5.80. The van der Waals surface area contributed by atoms with Gasteiger partial charge in [-0.3, -0.25) is 4.79 Å². The van der Waals surface area contributed by atoms with E-state index < -0.39 is 0 Å². The summed E-state index contributed by atoms with van der Waals surface area (Å²) in [6.07, 6.45) is 4.89. The van der Waals surface area contributed by atoms with Crippen molar-refractivity contribution in [2.75, 3.05) is 13.2 Å². The van der Waals surface area contributed by atoms with E-state index in [2.05, 4.69) is 29.6 Å². The number of carbonyl (C=O) groups excluding carboxylic acids is 1. The van der Waals surface area contributed by atoms with Crippen LogP contribution in [0.4, 0.5) is 0 Å². The van der Waals surface area contributed by atoms with Crippen LogP contribution in [0.1, 0.15) is 31.2 Å². The lowest BCUT2D eigenvalue weighted by Crippen LogP contribution is -2.34. The number of ether oxygens (including phenoxy) is 1. The minimum Gasteiger partial charge on any atom is -0.368 e. The highest BCUT2D eigenvalue weighted by atomic mass is 16.5. The van der Waals surface area contributed by atoms with Gasteiger partial charge in [-0.15, -0.1) is 0 Å². The first-order chi connectivity index (χ1) is 8.86. The number of amides is 1. The number of benzene rings is 1. The molecule has 1 aliphatic heterocycles. The summed E-state index contributed by atoms with van der Waals surface area (Å²) in [4.78, 5) is 11.6. The fourth-order valence-corrected chi connectivity index (χ4v) is 2.21. The Balaban J connectivity index is 1.54. The van der Waals surface area contributed by atoms with E-state index in [9.17, 15) is 4.79 Å². The average Bonchev–Trinajstić information content (AvgIpc) is 2.93. The molecule has 1 heterocycles. The first-order valence-electron chi connectivity index (χ1n) is 6.79. The van der Waals surface area contributed by atoms with Crippen molar-refractivity contribution in [2.45, 2.75) is 38.2 Å². The van der Waals surface area contributed by atoms with Crippen LogP contribution in [0.2, 0.25) is 0 Å². The van der Waals surface area contributed by atoms with Crippen molar-refractivity contribution >= 4 is 5.91 Å². The standard InChI is InChI=1S/C15H21NO2/c17-15(14-10-6-12-18-14)16-11-5-4-9-13-7-2-1-3-8-13/h1-3,7-8,14H,4-6,9-12H2,(H,16,17)/t14-/m1/s1. The van der Waals surface area contributed by atoms with Crippen molar-refractivity contribution in [2.24, 2.45) is 0 Å². The van der Waals surface area contributed by atoms with Gasteiger partial charge >= 0.3 is 0 Å². The Labute approximate surface area is 109 Å². The second-order valence-corrected chi connectivity index (χ2v) is 4.74. The van der Waals surface area contributed by atoms with E-state index >= 15 is 0 Å². The molecule has 1 saturated heterocycles. The third-order valence-electron chi connectivity index (χ3n) is 3.26. The van der Waals surface area contributed by atoms with Gasteiger partial charge in [0.1, 0.15) is 6.10 Å². The van der Waals surface area contributed by atoms with Crippen LogP contribution in [-0.4, -0.2) is 25.2 Å². The Bertz CT molecular complexity index is 358. The lowest BCUT2D eigenvalue weighted by atomic mass is 10.1. The zero-order valence-electron chi connectivity index (χ0n) is 10.7. The van der Waals surface area contributed by atoms with Gasteiger partial charge in [-0.1, -0.05) is 30.3 Å². The third-order valence-corrected chi connectivity index (χ3v) is 3.26. The number of unbranched alkanes of at least 4 members (excludes halogenated alkanes) is 1. The van der Waals surface area contributed by atoms with E-state index in [1.54, 1.807) is 0 Å². The van der Waals surface area contributed by atoms with Gasteiger partial charge < -0.3 is 10.1 Å². The number of rotatable bonds is 6. The molecule has 0 aliphatic carbocycles. The highest BCUT2D eigenvalue weighted by Gasteiger charge is 2.22. The van der Waals surface area contributed by atoms with Crippen molar-refractivity contribution < 1.29 is 9.53 Å². The number of hydrogen-bond donors (Lipinski definition) is 1. The summed E-state index contributed by atoms with van der Waals surface area (Å²) in [7, 11) is 0. The summed E-state index contributed by atoms with van der Waals surface area (Å²) in [5.74, 6) is 0.0622. The van der Waals surface area contributed by atoms with E-state index in [-0.39, 0.29) is 12.0 Å². The molecule has 1 N–H and O–H groups in total. The Kier molecular flexibility index (Phi) is 5.21. The van der Waals surface area contributed by atoms with Gasteiger partial charge in [-0.2, -0.15) is 0 Å². The van der Waals surface area contributed by atoms with Gasteiger partial charge in [0.2, 0.25) is 5.91 Å². The van der Waals surface area contributed by atoms with Crippen LogP contribution in [0, 0.1) is 0 Å². The lowest BCUT2D eigenvalue weighted by molar-refractivity contribution is -0.130. The van der Waals surface area contributed by atoms with Gasteiger partial charge in [0, 0.05) is 13.2 Å². The predicted molar refractivity (Wildman–Crippen MR) is 71.4 cm³/mol. The summed E-state index contributed by atoms with van der Waals surface area (Å²) >= 11 is 0. The summed E-state index contributed by atoms with van der Waals surface area (Å²) in [5.41, 5.74) is 1.36. The van der Waals surface area contributed by atoms with E-state index in [1.165, 1.54) is 5.56 Å². The molecule has 1 aliphatic rings. The zero-order chi connectivity index (χ0) is 12.6. The van der Waals surface area contributed by atoms with E-state index in [1.807, 2.05) is 6.07 Å². The minimum atomic E-state index is -0.195. The van der Waals surface area contributed by atoms with Crippen LogP contribution >= 0.6 is 0 Å². The van der Waals surface area contributed by atoms with Gasteiger partial charge in [-0.25, -0.2) is 0 Å². The van der Waals surface area contributed by atoms with Crippen LogP contribution in [-0.2, 0) is 16.0 Å². The summed E-state index contributed by atoms with van der Waals surface area (Å²) in [6, 6.07) is 10.4. The van der Waals surface area contributed by atoms with Gasteiger partial charge in [0.15, 0.2) is 0 Å². The molecule has 3 nitrogen and oxygen atoms in total. The van der Waals surface area contributed by atoms with Crippen molar-refractivity contribution in [1.29, 1.82) is 0 Å². The fraction of sp³-hybridized carbons (Fsp3) is 0.533.